The molecule has 0 spiro atoms. The molecule has 3 rings (SSSR count). The molecule has 0 aliphatic carbocycles. The monoisotopic (exact) mass is 499 g/mol. The highest BCUT2D eigenvalue weighted by molar-refractivity contribution is 7.81. The van der Waals surface area contributed by atoms with Crippen molar-refractivity contribution in [2.75, 3.05) is 32.7 Å². The summed E-state index contributed by atoms with van der Waals surface area (Å²) in [4.78, 5) is 16.5. The number of thiol groups is 1. The number of nitrogens with zero attached hydrogens (tertiary/aromatic N) is 2. The van der Waals surface area contributed by atoms with E-state index in [1.165, 1.54) is 6.08 Å². The van der Waals surface area contributed by atoms with Gasteiger partial charge in [-0.15, -0.1) is 0 Å². The van der Waals surface area contributed by atoms with Gasteiger partial charge in [-0.05, 0) is 62.6 Å². The van der Waals surface area contributed by atoms with E-state index < -0.39 is 17.5 Å². The number of phenolic OH excluding ortho intramolecular Hbond substituents is 1. The minimum absolute atomic E-state index is 0.0433. The molecule has 1 aromatic rings. The Balaban J connectivity index is 1.61. The maximum atomic E-state index is 12.8. The Kier molecular flexibility index (Phi) is 8.29. The molecule has 2 aliphatic rings. The number of rotatable bonds is 6. The Morgan fingerprint density at radius 3 is 2.62 bits per heavy atom. The summed E-state index contributed by atoms with van der Waals surface area (Å²) in [6.45, 7) is 5.03. The van der Waals surface area contributed by atoms with Crippen LogP contribution in [0.3, 0.4) is 0 Å². The number of likely N-dealkylation sites (tertiary alicyclic amines) is 2. The summed E-state index contributed by atoms with van der Waals surface area (Å²) in [5.74, 6) is -0.0633. The van der Waals surface area contributed by atoms with Crippen LogP contribution in [0.1, 0.15) is 37.3 Å². The van der Waals surface area contributed by atoms with Crippen LogP contribution in [-0.4, -0.2) is 64.8 Å². The summed E-state index contributed by atoms with van der Waals surface area (Å²) < 4.78 is 38.4. The number of nitrogens with two attached hydrogens (primary N) is 2. The number of piperidine rings is 1. The van der Waals surface area contributed by atoms with Gasteiger partial charge in [-0.3, -0.25) is 9.69 Å². The highest BCUT2D eigenvalue weighted by Gasteiger charge is 2.31. The lowest BCUT2D eigenvalue weighted by atomic mass is 10.0. The molecule has 188 valence electrons. The third-order valence-electron chi connectivity index (χ3n) is 6.17. The highest BCUT2D eigenvalue weighted by Crippen LogP contribution is 2.34. The number of phenols is 1. The number of halogens is 3. The Bertz CT molecular complexity index is 966. The third-order valence-corrected chi connectivity index (χ3v) is 6.59. The van der Waals surface area contributed by atoms with Gasteiger partial charge in [0.25, 0.3) is 0 Å². The summed E-state index contributed by atoms with van der Waals surface area (Å²) in [7, 11) is 0. The van der Waals surface area contributed by atoms with Gasteiger partial charge >= 0.3 is 6.18 Å². The van der Waals surface area contributed by atoms with Gasteiger partial charge in [0, 0.05) is 42.2 Å². The van der Waals surface area contributed by atoms with Crippen LogP contribution in [0.4, 0.5) is 13.2 Å². The van der Waals surface area contributed by atoms with Crippen LogP contribution in [0.25, 0.3) is 5.70 Å². The van der Waals surface area contributed by atoms with E-state index in [1.54, 1.807) is 6.92 Å². The molecule has 0 saturated carbocycles. The van der Waals surface area contributed by atoms with Crippen LogP contribution in [0, 0.1) is 0 Å². The minimum Gasteiger partial charge on any atom is -0.507 e. The number of carbonyl (C=O) groups excluding carboxylic acids is 1. The zero-order valence-electron chi connectivity index (χ0n) is 19.1. The molecule has 7 nitrogen and oxygen atoms in total. The molecule has 2 aliphatic heterocycles. The van der Waals surface area contributed by atoms with Crippen molar-refractivity contribution in [2.45, 2.75) is 43.7 Å². The Hall–Kier alpha value is -2.53. The molecule has 34 heavy (non-hydrogen) atoms. The average Bonchev–Trinajstić information content (AvgIpc) is 3.19. The van der Waals surface area contributed by atoms with E-state index in [2.05, 4.69) is 22.8 Å². The van der Waals surface area contributed by atoms with Crippen molar-refractivity contribution in [1.82, 2.24) is 15.1 Å². The molecular formula is C23H32F3N5O2S. The predicted molar refractivity (Wildman–Crippen MR) is 129 cm³/mol. The van der Waals surface area contributed by atoms with Crippen molar-refractivity contribution >= 4 is 24.2 Å². The lowest BCUT2D eigenvalue weighted by Gasteiger charge is -2.34. The molecule has 2 heterocycles. The van der Waals surface area contributed by atoms with Gasteiger partial charge in [0.15, 0.2) is 0 Å². The molecule has 0 bridgehead atoms. The highest BCUT2D eigenvalue weighted by atomic mass is 32.1. The van der Waals surface area contributed by atoms with E-state index in [-0.39, 0.29) is 28.5 Å². The van der Waals surface area contributed by atoms with E-state index in [9.17, 15) is 23.1 Å². The molecule has 2 atom stereocenters. The summed E-state index contributed by atoms with van der Waals surface area (Å²) in [6, 6.07) is 2.69. The van der Waals surface area contributed by atoms with Crippen LogP contribution >= 0.6 is 12.6 Å². The largest absolute Gasteiger partial charge is 0.507 e. The number of nitrogens with one attached hydrogen (secondary N) is 1. The van der Waals surface area contributed by atoms with E-state index in [4.69, 9.17) is 11.5 Å². The number of amides is 1. The summed E-state index contributed by atoms with van der Waals surface area (Å²) in [5.41, 5.74) is 12.0. The van der Waals surface area contributed by atoms with Crippen LogP contribution in [0.5, 0.6) is 5.75 Å². The number of aromatic hydroxyl groups is 1. The van der Waals surface area contributed by atoms with Crippen molar-refractivity contribution in [3.63, 3.8) is 0 Å². The molecule has 2 fully saturated rings. The topological polar surface area (TPSA) is 108 Å². The quantitative estimate of drug-likeness (QED) is 0.304. The minimum atomic E-state index is -4.55. The maximum absolute atomic E-state index is 12.8. The fourth-order valence-corrected chi connectivity index (χ4v) is 4.56. The molecule has 1 amide bonds. The van der Waals surface area contributed by atoms with Crippen LogP contribution in [0.15, 0.2) is 35.7 Å². The van der Waals surface area contributed by atoms with Gasteiger partial charge in [0.1, 0.15) is 5.75 Å². The van der Waals surface area contributed by atoms with Gasteiger partial charge < -0.3 is 26.8 Å². The predicted octanol–water partition coefficient (Wildman–Crippen LogP) is 2.49. The third kappa shape index (κ3) is 6.75. The first-order valence-electron chi connectivity index (χ1n) is 11.2. The lowest BCUT2D eigenvalue weighted by Crippen LogP contribution is -2.49. The van der Waals surface area contributed by atoms with Crippen LogP contribution in [0.2, 0.25) is 0 Å². The molecular weight excluding hydrogens is 467 g/mol. The molecule has 2 unspecified atom stereocenters. The fourth-order valence-electron chi connectivity index (χ4n) is 4.25. The number of allylic oxidation sites excluding steroid dienone is 2. The van der Waals surface area contributed by atoms with Gasteiger partial charge in [-0.25, -0.2) is 0 Å². The second-order valence-corrected chi connectivity index (χ2v) is 9.66. The number of carbonyl (C=O) groups is 1. The Morgan fingerprint density at radius 2 is 2.00 bits per heavy atom. The zero-order valence-corrected chi connectivity index (χ0v) is 20.0. The summed E-state index contributed by atoms with van der Waals surface area (Å²) in [5, 5.41) is 13.5. The SMILES string of the molecule is CC(/C=C(\N)c1ccc(C(F)(F)F)cc1O)=C(/N)NC1CCCN(CC(=O)N2CCC(S)C2)C1. The van der Waals surface area contributed by atoms with Gasteiger partial charge in [0.2, 0.25) is 5.91 Å². The van der Waals surface area contributed by atoms with Crippen molar-refractivity contribution in [3.8, 4) is 5.75 Å². The zero-order chi connectivity index (χ0) is 25.0. The number of hydrogen-bond acceptors (Lipinski definition) is 7. The molecule has 11 heteroatoms. The van der Waals surface area contributed by atoms with E-state index >= 15 is 0 Å². The van der Waals surface area contributed by atoms with Crippen molar-refractivity contribution < 1.29 is 23.1 Å². The van der Waals surface area contributed by atoms with Crippen molar-refractivity contribution in [3.05, 3.63) is 46.8 Å². The van der Waals surface area contributed by atoms with Gasteiger partial charge in [-0.2, -0.15) is 25.8 Å². The molecule has 0 radical (unpaired) electrons. The molecule has 2 saturated heterocycles. The van der Waals surface area contributed by atoms with Gasteiger partial charge in [-0.1, -0.05) is 0 Å². The van der Waals surface area contributed by atoms with Gasteiger partial charge in [0.05, 0.1) is 17.9 Å². The second kappa shape index (κ2) is 10.8. The Labute approximate surface area is 203 Å². The van der Waals surface area contributed by atoms with Crippen LogP contribution < -0.4 is 16.8 Å². The second-order valence-electron chi connectivity index (χ2n) is 8.93. The first kappa shape index (κ1) is 26.1. The molecule has 1 aromatic carbocycles. The summed E-state index contributed by atoms with van der Waals surface area (Å²) in [6.07, 6.45) is -0.318. The lowest BCUT2D eigenvalue weighted by molar-refractivity contribution is -0.137. The smallest absolute Gasteiger partial charge is 0.416 e. The maximum Gasteiger partial charge on any atom is 0.416 e. The fraction of sp³-hybridized carbons (Fsp3) is 0.522. The Morgan fingerprint density at radius 1 is 1.26 bits per heavy atom. The first-order valence-corrected chi connectivity index (χ1v) is 11.7. The number of hydrogen-bond donors (Lipinski definition) is 5. The van der Waals surface area contributed by atoms with E-state index in [1.807, 2.05) is 4.90 Å². The van der Waals surface area contributed by atoms with Crippen molar-refractivity contribution in [1.29, 1.82) is 0 Å². The summed E-state index contributed by atoms with van der Waals surface area (Å²) >= 11 is 4.44. The number of alkyl halides is 3. The van der Waals surface area contributed by atoms with E-state index in [0.717, 1.165) is 44.5 Å². The van der Waals surface area contributed by atoms with Crippen molar-refractivity contribution in [2.24, 2.45) is 11.5 Å². The first-order chi connectivity index (χ1) is 15.9. The normalized spacial score (nSPS) is 23.1. The average molecular weight is 500 g/mol. The number of benzene rings is 1. The standard InChI is InChI=1S/C23H32F3N5O2S/c1-14(9-19(27)18-5-4-15(10-20(18)32)23(24,25)26)22(28)29-16-3-2-7-30(11-16)13-21(33)31-8-6-17(34)12-31/h4-5,9-10,16-17,29,32,34H,2-3,6-8,11-13,27-28H2,1H3/b19-9-,22-14+. The molecule has 0 aromatic heterocycles. The van der Waals surface area contributed by atoms with E-state index in [0.29, 0.717) is 37.1 Å². The van der Waals surface area contributed by atoms with Crippen LogP contribution in [-0.2, 0) is 11.0 Å². The molecule has 6 N–H and O–H groups in total.